The van der Waals surface area contributed by atoms with Crippen LogP contribution in [0.5, 0.6) is 0 Å². The van der Waals surface area contributed by atoms with E-state index in [0.29, 0.717) is 18.7 Å². The summed E-state index contributed by atoms with van der Waals surface area (Å²) >= 11 is 0. The van der Waals surface area contributed by atoms with Gasteiger partial charge in [0.25, 0.3) is 0 Å². The Hall–Kier alpha value is -2.12. The number of benzene rings is 1. The summed E-state index contributed by atoms with van der Waals surface area (Å²) in [4.78, 5) is 27.1. The molecule has 0 aliphatic carbocycles. The van der Waals surface area contributed by atoms with Crippen molar-refractivity contribution >= 4 is 12.1 Å². The van der Waals surface area contributed by atoms with E-state index in [9.17, 15) is 19.8 Å². The van der Waals surface area contributed by atoms with E-state index >= 15 is 0 Å². The summed E-state index contributed by atoms with van der Waals surface area (Å²) in [6.07, 6.45) is 0.284. The molecule has 2 N–H and O–H groups in total. The van der Waals surface area contributed by atoms with Crippen LogP contribution >= 0.6 is 0 Å². The van der Waals surface area contributed by atoms with Crippen molar-refractivity contribution in [3.63, 3.8) is 0 Å². The van der Waals surface area contributed by atoms with Crippen LogP contribution in [0.1, 0.15) is 66.8 Å². The van der Waals surface area contributed by atoms with E-state index < -0.39 is 17.7 Å². The molecule has 154 valence electrons. The summed E-state index contributed by atoms with van der Waals surface area (Å²) in [5.74, 6) is -0.310. The van der Waals surface area contributed by atoms with E-state index in [1.165, 1.54) is 4.90 Å². The molecule has 1 aromatic carbocycles. The van der Waals surface area contributed by atoms with Gasteiger partial charge in [-0.25, -0.2) is 9.59 Å². The minimum atomic E-state index is -0.918. The molecule has 7 heteroatoms. The highest BCUT2D eigenvalue weighted by molar-refractivity contribution is 5.93. The predicted molar refractivity (Wildman–Crippen MR) is 104 cm³/mol. The zero-order chi connectivity index (χ0) is 20.6. The molecular weight excluding hydrogens is 360 g/mol. The molecule has 2 aliphatic heterocycles. The van der Waals surface area contributed by atoms with Gasteiger partial charge in [0.1, 0.15) is 6.61 Å². The number of esters is 1. The molecule has 1 fully saturated rings. The number of nitrogens with zero attached hydrogens (tertiary/aromatic N) is 2. The fourth-order valence-corrected chi connectivity index (χ4v) is 4.24. The van der Waals surface area contributed by atoms with Crippen molar-refractivity contribution < 1.29 is 24.5 Å². The average Bonchev–Trinajstić information content (AvgIpc) is 3.19. The first-order chi connectivity index (χ1) is 13.1. The number of amides is 1. The Labute approximate surface area is 165 Å². The number of aliphatic hydroxyl groups is 1. The van der Waals surface area contributed by atoms with Gasteiger partial charge >= 0.3 is 12.1 Å². The van der Waals surface area contributed by atoms with Crippen molar-refractivity contribution in [3.8, 4) is 0 Å². The first-order valence-electron chi connectivity index (χ1n) is 9.81. The average molecular weight is 390 g/mol. The van der Waals surface area contributed by atoms with E-state index in [0.717, 1.165) is 36.1 Å². The van der Waals surface area contributed by atoms with Gasteiger partial charge in [-0.3, -0.25) is 4.90 Å². The number of rotatable bonds is 5. The molecule has 1 saturated heterocycles. The number of cyclic esters (lactones) is 1. The van der Waals surface area contributed by atoms with Crippen LogP contribution in [-0.2, 0) is 11.3 Å². The summed E-state index contributed by atoms with van der Waals surface area (Å²) in [5.41, 5.74) is 2.66. The number of likely N-dealkylation sites (tertiary alicyclic amines) is 1. The van der Waals surface area contributed by atoms with E-state index in [1.807, 2.05) is 27.7 Å². The van der Waals surface area contributed by atoms with Crippen molar-refractivity contribution in [2.45, 2.75) is 64.8 Å². The molecule has 0 saturated carbocycles. The molecule has 7 nitrogen and oxygen atoms in total. The monoisotopic (exact) mass is 390 g/mol. The molecule has 1 amide bonds. The molecule has 1 aromatic rings. The first kappa shape index (κ1) is 20.6. The third-order valence-electron chi connectivity index (χ3n) is 5.91. The molecule has 2 heterocycles. The number of fused-ring (bicyclic) bond motifs is 1. The highest BCUT2D eigenvalue weighted by atomic mass is 16.5. The zero-order valence-electron chi connectivity index (χ0n) is 17.1. The van der Waals surface area contributed by atoms with Crippen LogP contribution < -0.4 is 0 Å². The number of hydrogen-bond donors (Lipinski definition) is 2. The third kappa shape index (κ3) is 4.00. The van der Waals surface area contributed by atoms with Gasteiger partial charge in [0.15, 0.2) is 0 Å². The van der Waals surface area contributed by atoms with Gasteiger partial charge in [-0.05, 0) is 64.3 Å². The normalized spacial score (nSPS) is 20.8. The number of β-amino-alcohol motifs (C(OH)–C–C–N with tert-alkyl or cyclic N) is 1. The van der Waals surface area contributed by atoms with Gasteiger partial charge in [0.05, 0.1) is 11.7 Å². The summed E-state index contributed by atoms with van der Waals surface area (Å²) in [7, 11) is 0. The second kappa shape index (κ2) is 7.72. The van der Waals surface area contributed by atoms with Crippen LogP contribution in [0.2, 0.25) is 0 Å². The van der Waals surface area contributed by atoms with Crippen LogP contribution in [0, 0.1) is 6.92 Å². The molecule has 28 heavy (non-hydrogen) atoms. The highest BCUT2D eigenvalue weighted by Crippen LogP contribution is 2.31. The maximum Gasteiger partial charge on any atom is 0.407 e. The first-order valence-corrected chi connectivity index (χ1v) is 9.81. The Morgan fingerprint density at radius 3 is 2.75 bits per heavy atom. The molecule has 0 aromatic heterocycles. The molecule has 2 atom stereocenters. The SMILES string of the molecule is Cc1c([C@H](O)CN2CCCC2CN(C(=O)O)C(C)(C)C)ccc2c1COC2=O. The minimum absolute atomic E-state index is 0.0876. The number of ether oxygens (including phenoxy) is 1. The molecular formula is C21H30N2O5. The van der Waals surface area contributed by atoms with Crippen molar-refractivity contribution in [2.24, 2.45) is 0 Å². The molecule has 0 spiro atoms. The second-order valence-electron chi connectivity index (χ2n) is 8.75. The predicted octanol–water partition coefficient (Wildman–Crippen LogP) is 2.94. The molecule has 0 bridgehead atoms. The van der Waals surface area contributed by atoms with E-state index in [2.05, 4.69) is 4.90 Å². The molecule has 0 radical (unpaired) electrons. The Bertz CT molecular complexity index is 771. The Morgan fingerprint density at radius 2 is 2.11 bits per heavy atom. The molecule has 1 unspecified atom stereocenters. The summed E-state index contributed by atoms with van der Waals surface area (Å²) in [5, 5.41) is 20.5. The summed E-state index contributed by atoms with van der Waals surface area (Å²) < 4.78 is 5.10. The van der Waals surface area contributed by atoms with Crippen molar-refractivity contribution in [1.29, 1.82) is 0 Å². The number of aliphatic hydroxyl groups excluding tert-OH is 1. The lowest BCUT2D eigenvalue weighted by Crippen LogP contribution is -2.51. The molecule has 2 aliphatic rings. The van der Waals surface area contributed by atoms with Gasteiger partial charge in [-0.1, -0.05) is 6.07 Å². The topological polar surface area (TPSA) is 90.3 Å². The van der Waals surface area contributed by atoms with E-state index in [1.54, 1.807) is 12.1 Å². The second-order valence-corrected chi connectivity index (χ2v) is 8.75. The maximum absolute atomic E-state index is 11.7. The van der Waals surface area contributed by atoms with E-state index in [4.69, 9.17) is 4.74 Å². The van der Waals surface area contributed by atoms with Crippen LogP contribution in [0.3, 0.4) is 0 Å². The third-order valence-corrected chi connectivity index (χ3v) is 5.91. The van der Waals surface area contributed by atoms with Crippen LogP contribution in [0.15, 0.2) is 12.1 Å². The van der Waals surface area contributed by atoms with Gasteiger partial charge in [-0.15, -0.1) is 0 Å². The lowest BCUT2D eigenvalue weighted by molar-refractivity contribution is 0.0534. The van der Waals surface area contributed by atoms with Crippen molar-refractivity contribution in [2.75, 3.05) is 19.6 Å². The quantitative estimate of drug-likeness (QED) is 0.752. The fraction of sp³-hybridized carbons (Fsp3) is 0.619. The largest absolute Gasteiger partial charge is 0.465 e. The Kier molecular flexibility index (Phi) is 5.68. The van der Waals surface area contributed by atoms with Crippen LogP contribution in [0.4, 0.5) is 4.79 Å². The van der Waals surface area contributed by atoms with Crippen LogP contribution in [-0.4, -0.2) is 63.3 Å². The maximum atomic E-state index is 11.7. The van der Waals surface area contributed by atoms with E-state index in [-0.39, 0.29) is 18.6 Å². The lowest BCUT2D eigenvalue weighted by atomic mass is 9.95. The smallest absolute Gasteiger partial charge is 0.407 e. The highest BCUT2D eigenvalue weighted by Gasteiger charge is 2.34. The van der Waals surface area contributed by atoms with Gasteiger partial charge < -0.3 is 19.8 Å². The standard InChI is InChI=1S/C21H30N2O5/c1-13-15(7-8-16-17(13)12-28-19(16)25)18(24)11-22-9-5-6-14(22)10-23(20(26)27)21(2,3)4/h7-8,14,18,24H,5-6,9-12H2,1-4H3,(H,26,27)/t14?,18-/m1/s1. The Balaban J connectivity index is 1.72. The fourth-order valence-electron chi connectivity index (χ4n) is 4.24. The summed E-state index contributed by atoms with van der Waals surface area (Å²) in [6.45, 7) is 9.56. The lowest BCUT2D eigenvalue weighted by Gasteiger charge is -2.37. The number of carboxylic acid groups (broad SMARTS) is 1. The minimum Gasteiger partial charge on any atom is -0.465 e. The Morgan fingerprint density at radius 1 is 1.39 bits per heavy atom. The van der Waals surface area contributed by atoms with Crippen molar-refractivity contribution in [3.05, 3.63) is 34.4 Å². The zero-order valence-corrected chi connectivity index (χ0v) is 17.1. The number of carbonyl (C=O) groups excluding carboxylic acids is 1. The number of carbonyl (C=O) groups is 2. The van der Waals surface area contributed by atoms with Gasteiger partial charge in [-0.2, -0.15) is 0 Å². The van der Waals surface area contributed by atoms with Gasteiger partial charge in [0, 0.05) is 30.2 Å². The molecule has 3 rings (SSSR count). The summed E-state index contributed by atoms with van der Waals surface area (Å²) in [6, 6.07) is 3.61. The van der Waals surface area contributed by atoms with Crippen molar-refractivity contribution in [1.82, 2.24) is 9.80 Å². The number of hydrogen-bond acceptors (Lipinski definition) is 5. The van der Waals surface area contributed by atoms with Gasteiger partial charge in [0.2, 0.25) is 0 Å². The van der Waals surface area contributed by atoms with Crippen LogP contribution in [0.25, 0.3) is 0 Å².